The van der Waals surface area contributed by atoms with Gasteiger partial charge in [-0.05, 0) is 81.0 Å². The predicted molar refractivity (Wildman–Crippen MR) is 128 cm³/mol. The molecule has 1 N–H and O–H groups in total. The van der Waals surface area contributed by atoms with Gasteiger partial charge < -0.3 is 19.7 Å². The Morgan fingerprint density at radius 1 is 1.10 bits per heavy atom. The fraction of sp³-hybridized carbons (Fsp3) is 0.333. The molecule has 0 bridgehead atoms. The monoisotopic (exact) mass is 419 g/mol. The fourth-order valence-corrected chi connectivity index (χ4v) is 4.82. The van der Waals surface area contributed by atoms with Crippen molar-refractivity contribution in [3.63, 3.8) is 0 Å². The van der Waals surface area contributed by atoms with Gasteiger partial charge in [0.05, 0.1) is 17.8 Å². The maximum absolute atomic E-state index is 5.84. The number of anilines is 2. The first kappa shape index (κ1) is 20.4. The zero-order chi connectivity index (χ0) is 21.4. The van der Waals surface area contributed by atoms with Gasteiger partial charge in [-0.2, -0.15) is 0 Å². The highest BCUT2D eigenvalue weighted by atomic mass is 32.1. The molecule has 2 aromatic heterocycles. The van der Waals surface area contributed by atoms with Gasteiger partial charge in [0, 0.05) is 49.6 Å². The van der Waals surface area contributed by atoms with Crippen molar-refractivity contribution in [2.45, 2.75) is 39.4 Å². The molecule has 1 saturated heterocycles. The van der Waals surface area contributed by atoms with E-state index in [0.717, 1.165) is 23.0 Å². The van der Waals surface area contributed by atoms with Crippen LogP contribution in [0.25, 0.3) is 0 Å². The van der Waals surface area contributed by atoms with E-state index in [1.807, 2.05) is 18.3 Å². The van der Waals surface area contributed by atoms with E-state index in [9.17, 15) is 0 Å². The minimum atomic E-state index is -0.0157. The minimum Gasteiger partial charge on any atom is -0.378 e. The maximum Gasteiger partial charge on any atom is 0.174 e. The Hall–Kier alpha value is -2.86. The Morgan fingerprint density at radius 3 is 2.40 bits per heavy atom. The summed E-state index contributed by atoms with van der Waals surface area (Å²) in [6.07, 6.45) is 1.85. The number of hydrogen-bond acceptors (Lipinski definition) is 3. The molecule has 5 nitrogen and oxygen atoms in total. The van der Waals surface area contributed by atoms with Crippen molar-refractivity contribution in [3.8, 4) is 0 Å². The van der Waals surface area contributed by atoms with Gasteiger partial charge in [0.1, 0.15) is 0 Å². The van der Waals surface area contributed by atoms with Gasteiger partial charge in [0.25, 0.3) is 0 Å². The molecule has 1 aromatic carbocycles. The summed E-state index contributed by atoms with van der Waals surface area (Å²) in [4.78, 5) is 9.00. The van der Waals surface area contributed by atoms with Gasteiger partial charge in [0.2, 0.25) is 0 Å². The summed E-state index contributed by atoms with van der Waals surface area (Å²) in [6.45, 7) is 7.52. The highest BCUT2D eigenvalue weighted by Crippen LogP contribution is 2.43. The second-order valence-electron chi connectivity index (χ2n) is 7.98. The van der Waals surface area contributed by atoms with E-state index in [1.54, 1.807) is 0 Å². The molecule has 0 unspecified atom stereocenters. The summed E-state index contributed by atoms with van der Waals surface area (Å²) in [7, 11) is 4.10. The number of rotatable bonds is 5. The number of nitrogens with one attached hydrogen (secondary N) is 1. The first-order valence-corrected chi connectivity index (χ1v) is 10.8. The summed E-state index contributed by atoms with van der Waals surface area (Å²) in [6, 6.07) is 17.0. The molecule has 0 spiro atoms. The van der Waals surface area contributed by atoms with E-state index >= 15 is 0 Å². The van der Waals surface area contributed by atoms with Crippen molar-refractivity contribution in [2.75, 3.05) is 23.9 Å². The summed E-state index contributed by atoms with van der Waals surface area (Å²) in [5, 5.41) is 4.28. The quantitative estimate of drug-likeness (QED) is 0.603. The second kappa shape index (κ2) is 8.11. The number of pyridine rings is 1. The van der Waals surface area contributed by atoms with Crippen molar-refractivity contribution in [3.05, 3.63) is 77.4 Å². The summed E-state index contributed by atoms with van der Waals surface area (Å²) in [5.41, 5.74) is 7.09. The van der Waals surface area contributed by atoms with Gasteiger partial charge in [-0.3, -0.25) is 4.98 Å². The van der Waals surface area contributed by atoms with Crippen molar-refractivity contribution in [1.82, 2.24) is 14.9 Å². The van der Waals surface area contributed by atoms with Gasteiger partial charge in [0.15, 0.2) is 5.11 Å². The first-order chi connectivity index (χ1) is 14.4. The van der Waals surface area contributed by atoms with E-state index in [1.165, 1.54) is 22.6 Å². The van der Waals surface area contributed by atoms with Crippen LogP contribution in [0, 0.1) is 13.8 Å². The van der Waals surface area contributed by atoms with E-state index < -0.39 is 0 Å². The summed E-state index contributed by atoms with van der Waals surface area (Å²) in [5.74, 6) is 0. The van der Waals surface area contributed by atoms with Crippen molar-refractivity contribution < 1.29 is 0 Å². The summed E-state index contributed by atoms with van der Waals surface area (Å²) < 4.78 is 2.36. The highest BCUT2D eigenvalue weighted by Gasteiger charge is 2.42. The SMILES string of the molecule is CCn1c(C)cc([C@H]2[C@H](c3ccccn3)NC(=S)N2c2ccc(N(C)C)cc2)c1C. The third-order valence-corrected chi connectivity index (χ3v) is 6.30. The molecular formula is C24H29N5S. The van der Waals surface area contributed by atoms with Gasteiger partial charge >= 0.3 is 0 Å². The predicted octanol–water partition coefficient (Wildman–Crippen LogP) is 4.76. The maximum atomic E-state index is 5.84. The minimum absolute atomic E-state index is 0.0157. The molecule has 1 fully saturated rings. The van der Waals surface area contributed by atoms with Crippen LogP contribution in [0.4, 0.5) is 11.4 Å². The largest absolute Gasteiger partial charge is 0.378 e. The number of hydrogen-bond donors (Lipinski definition) is 1. The zero-order valence-corrected chi connectivity index (χ0v) is 19.1. The number of thiocarbonyl (C=S) groups is 1. The van der Waals surface area contributed by atoms with Crippen LogP contribution in [0.2, 0.25) is 0 Å². The average Bonchev–Trinajstić information content (AvgIpc) is 3.23. The summed E-state index contributed by atoms with van der Waals surface area (Å²) >= 11 is 5.84. The molecule has 30 heavy (non-hydrogen) atoms. The Balaban J connectivity index is 1.84. The lowest BCUT2D eigenvalue weighted by Gasteiger charge is -2.28. The lowest BCUT2D eigenvalue weighted by atomic mass is 9.96. The molecule has 6 heteroatoms. The zero-order valence-electron chi connectivity index (χ0n) is 18.3. The molecule has 156 valence electrons. The van der Waals surface area contributed by atoms with Crippen LogP contribution in [-0.2, 0) is 6.54 Å². The molecule has 2 atom stereocenters. The van der Waals surface area contributed by atoms with Crippen LogP contribution >= 0.6 is 12.2 Å². The Kier molecular flexibility index (Phi) is 5.52. The van der Waals surface area contributed by atoms with E-state index in [-0.39, 0.29) is 12.1 Å². The number of aromatic nitrogens is 2. The Labute approximate surface area is 184 Å². The molecule has 0 amide bonds. The van der Waals surface area contributed by atoms with Crippen molar-refractivity contribution >= 4 is 28.7 Å². The van der Waals surface area contributed by atoms with Crippen LogP contribution in [0.15, 0.2) is 54.7 Å². The molecule has 4 rings (SSSR count). The van der Waals surface area contributed by atoms with Crippen LogP contribution in [0.5, 0.6) is 0 Å². The molecule has 1 aliphatic heterocycles. The Morgan fingerprint density at radius 2 is 1.83 bits per heavy atom. The van der Waals surface area contributed by atoms with Crippen LogP contribution in [0.3, 0.4) is 0 Å². The number of nitrogens with zero attached hydrogens (tertiary/aromatic N) is 4. The van der Waals surface area contributed by atoms with Gasteiger partial charge in [-0.25, -0.2) is 0 Å². The molecule has 0 aliphatic carbocycles. The normalized spacial score (nSPS) is 18.6. The van der Waals surface area contributed by atoms with E-state index in [4.69, 9.17) is 12.2 Å². The van der Waals surface area contributed by atoms with Crippen LogP contribution < -0.4 is 15.1 Å². The molecule has 0 radical (unpaired) electrons. The smallest absolute Gasteiger partial charge is 0.174 e. The molecule has 0 saturated carbocycles. The first-order valence-electron chi connectivity index (χ1n) is 10.4. The lowest BCUT2D eigenvalue weighted by molar-refractivity contribution is 0.563. The average molecular weight is 420 g/mol. The fourth-order valence-electron chi connectivity index (χ4n) is 4.47. The van der Waals surface area contributed by atoms with Crippen molar-refractivity contribution in [1.29, 1.82) is 0 Å². The third-order valence-electron chi connectivity index (χ3n) is 5.99. The second-order valence-corrected chi connectivity index (χ2v) is 8.36. The highest BCUT2D eigenvalue weighted by molar-refractivity contribution is 7.80. The van der Waals surface area contributed by atoms with E-state index in [2.05, 4.69) is 95.9 Å². The molecule has 3 aromatic rings. The molecule has 1 aliphatic rings. The number of aryl methyl sites for hydroxylation is 1. The lowest BCUT2D eigenvalue weighted by Crippen LogP contribution is -2.29. The topological polar surface area (TPSA) is 36.3 Å². The molecular weight excluding hydrogens is 390 g/mol. The van der Waals surface area contributed by atoms with Gasteiger partial charge in [-0.15, -0.1) is 0 Å². The van der Waals surface area contributed by atoms with E-state index in [0.29, 0.717) is 0 Å². The Bertz CT molecular complexity index is 1040. The van der Waals surface area contributed by atoms with Gasteiger partial charge in [-0.1, -0.05) is 6.07 Å². The number of benzene rings is 1. The van der Waals surface area contributed by atoms with Crippen LogP contribution in [0.1, 0.15) is 41.7 Å². The van der Waals surface area contributed by atoms with Crippen molar-refractivity contribution in [2.24, 2.45) is 0 Å². The molecule has 3 heterocycles. The standard InChI is InChI=1S/C24H29N5S/c1-6-28-16(2)15-20(17(28)3)23-22(21-9-7-8-14-25-21)26-24(30)29(23)19-12-10-18(11-13-19)27(4)5/h7-15,22-23H,6H2,1-5H3,(H,26,30)/t22-,23-/m0/s1. The third kappa shape index (κ3) is 3.45. The van der Waals surface area contributed by atoms with Crippen LogP contribution in [-0.4, -0.2) is 28.8 Å².